The van der Waals surface area contributed by atoms with E-state index in [1.165, 1.54) is 32.1 Å². The maximum Gasteiger partial charge on any atom is 0.316 e. The predicted octanol–water partition coefficient (Wildman–Crippen LogP) is 1.86. The maximum atomic E-state index is 10.3. The fourth-order valence-electron chi connectivity index (χ4n) is 4.14. The van der Waals surface area contributed by atoms with Crippen molar-refractivity contribution in [2.45, 2.75) is 44.6 Å². The third-order valence-electron chi connectivity index (χ3n) is 4.79. The molecular weight excluding hydrogens is 252 g/mol. The van der Waals surface area contributed by atoms with Crippen molar-refractivity contribution in [1.82, 2.24) is 0 Å². The average molecular weight is 273 g/mol. The molecule has 3 heteroatoms. The molecule has 0 atom stereocenters. The van der Waals surface area contributed by atoms with Gasteiger partial charge in [-0.15, -0.1) is 17.0 Å². The molecule has 0 amide bonds. The van der Waals surface area contributed by atoms with E-state index in [1.807, 2.05) is 0 Å². The lowest BCUT2D eigenvalue weighted by Gasteiger charge is -2.57. The molecule has 0 aliphatic heterocycles. The van der Waals surface area contributed by atoms with Crippen molar-refractivity contribution in [1.29, 1.82) is 0 Å². The first-order chi connectivity index (χ1) is 5.66. The van der Waals surface area contributed by atoms with Crippen LogP contribution in [0.1, 0.15) is 39.0 Å². The Bertz CT molecular complexity index is 187. The molecule has 14 heavy (non-hydrogen) atoms. The zero-order valence-corrected chi connectivity index (χ0v) is 9.91. The van der Waals surface area contributed by atoms with Crippen LogP contribution < -0.4 is 0 Å². The molecule has 0 unspecified atom stereocenters. The zero-order chi connectivity index (χ0) is 8.34. The Morgan fingerprint density at radius 3 is 1.64 bits per heavy atom. The van der Waals surface area contributed by atoms with Gasteiger partial charge in [-0.25, -0.2) is 0 Å². The molecule has 4 rings (SSSR count). The van der Waals surface area contributed by atoms with Crippen molar-refractivity contribution in [3.05, 3.63) is 0 Å². The fourth-order valence-corrected chi connectivity index (χ4v) is 4.14. The van der Waals surface area contributed by atoms with Gasteiger partial charge in [0.15, 0.2) is 0 Å². The van der Waals surface area contributed by atoms with E-state index >= 15 is 0 Å². The zero-order valence-electron chi connectivity index (χ0n) is 8.20. The fraction of sp³-hybridized carbons (Fsp3) is 1.00. The van der Waals surface area contributed by atoms with Crippen LogP contribution in [0.25, 0.3) is 0 Å². The highest BCUT2D eigenvalue weighted by molar-refractivity contribution is 8.93. The smallest absolute Gasteiger partial charge is 0.316 e. The van der Waals surface area contributed by atoms with Crippen molar-refractivity contribution in [3.8, 4) is 0 Å². The van der Waals surface area contributed by atoms with Gasteiger partial charge in [-0.2, -0.15) is 0 Å². The predicted molar refractivity (Wildman–Crippen MR) is 66.5 cm³/mol. The van der Waals surface area contributed by atoms with Crippen molar-refractivity contribution in [2.24, 2.45) is 23.7 Å². The van der Waals surface area contributed by atoms with Crippen LogP contribution in [0.15, 0.2) is 0 Å². The van der Waals surface area contributed by atoms with E-state index in [1.54, 1.807) is 0 Å². The topological polar surface area (TPSA) is 20.2 Å². The number of hydrogen-bond donors (Lipinski definition) is 1. The van der Waals surface area contributed by atoms with E-state index in [9.17, 15) is 5.11 Å². The highest BCUT2D eigenvalue weighted by Gasteiger charge is 2.53. The molecule has 4 saturated carbocycles. The second-order valence-corrected chi connectivity index (χ2v) is 5.53. The summed E-state index contributed by atoms with van der Waals surface area (Å²) in [7, 11) is 0. The third-order valence-corrected chi connectivity index (χ3v) is 4.79. The van der Waals surface area contributed by atoms with E-state index in [-0.39, 0.29) is 45.6 Å². The molecule has 0 heterocycles. The highest BCUT2D eigenvalue weighted by atomic mass is 79.9. The molecule has 0 radical (unpaired) electrons. The van der Waals surface area contributed by atoms with Gasteiger partial charge in [0, 0.05) is 0 Å². The standard InChI is InChI=1S/C11H18O.BrH.Mg.2H/c1-11(12)9-3-7-2-8(5-9)6-10(11)4-7;;;;/h7-10,12H,2-6H2,1H3;1H;;;. The molecule has 4 aliphatic rings. The van der Waals surface area contributed by atoms with E-state index in [0.717, 1.165) is 11.8 Å². The van der Waals surface area contributed by atoms with E-state index in [2.05, 4.69) is 6.92 Å². The minimum Gasteiger partial charge on any atom is -0.390 e. The first-order valence-electron chi connectivity index (χ1n) is 5.38. The Balaban J connectivity index is 0.000000490. The average Bonchev–Trinajstić information content (AvgIpc) is 1.99. The summed E-state index contributed by atoms with van der Waals surface area (Å²) in [4.78, 5) is 0. The number of hydrogen-bond acceptors (Lipinski definition) is 1. The van der Waals surface area contributed by atoms with Crippen LogP contribution >= 0.6 is 17.0 Å². The summed E-state index contributed by atoms with van der Waals surface area (Å²) >= 11 is 0. The summed E-state index contributed by atoms with van der Waals surface area (Å²) in [5, 5.41) is 10.3. The Morgan fingerprint density at radius 1 is 0.929 bits per heavy atom. The summed E-state index contributed by atoms with van der Waals surface area (Å²) in [5.74, 6) is 3.25. The number of halogens is 1. The van der Waals surface area contributed by atoms with Crippen LogP contribution in [0.5, 0.6) is 0 Å². The Labute approximate surface area is 113 Å². The lowest BCUT2D eigenvalue weighted by Crippen LogP contribution is -2.55. The van der Waals surface area contributed by atoms with Gasteiger partial charge in [0.25, 0.3) is 0 Å². The molecule has 1 N–H and O–H groups in total. The minimum absolute atomic E-state index is 0. The van der Waals surface area contributed by atoms with Crippen LogP contribution in [-0.2, 0) is 0 Å². The minimum atomic E-state index is -0.298. The van der Waals surface area contributed by atoms with E-state index in [0.29, 0.717) is 11.8 Å². The van der Waals surface area contributed by atoms with Crippen molar-refractivity contribution in [2.75, 3.05) is 0 Å². The van der Waals surface area contributed by atoms with Gasteiger partial charge < -0.3 is 5.11 Å². The van der Waals surface area contributed by atoms with Gasteiger partial charge in [0.2, 0.25) is 0 Å². The molecule has 4 bridgehead atoms. The quantitative estimate of drug-likeness (QED) is 0.668. The molecule has 0 saturated heterocycles. The van der Waals surface area contributed by atoms with Gasteiger partial charge in [0.05, 0.1) is 5.60 Å². The summed E-state index contributed by atoms with van der Waals surface area (Å²) in [6.45, 7) is 2.08. The van der Waals surface area contributed by atoms with Crippen LogP contribution in [0, 0.1) is 23.7 Å². The molecule has 4 fully saturated rings. The third kappa shape index (κ3) is 1.78. The van der Waals surface area contributed by atoms with Gasteiger partial charge >= 0.3 is 23.1 Å². The van der Waals surface area contributed by atoms with Crippen molar-refractivity contribution in [3.63, 3.8) is 0 Å². The molecule has 0 aromatic rings. The molecule has 4 aliphatic carbocycles. The summed E-state index contributed by atoms with van der Waals surface area (Å²) in [5.41, 5.74) is -0.298. The van der Waals surface area contributed by atoms with Crippen LogP contribution in [-0.4, -0.2) is 33.8 Å². The lowest BCUT2D eigenvalue weighted by molar-refractivity contribution is -0.161. The number of aliphatic hydroxyl groups is 1. The van der Waals surface area contributed by atoms with Gasteiger partial charge in [0.1, 0.15) is 0 Å². The molecule has 0 spiro atoms. The Morgan fingerprint density at radius 2 is 1.29 bits per heavy atom. The van der Waals surface area contributed by atoms with Crippen LogP contribution in [0.4, 0.5) is 0 Å². The van der Waals surface area contributed by atoms with Crippen LogP contribution in [0.2, 0.25) is 0 Å². The second kappa shape index (κ2) is 4.23. The van der Waals surface area contributed by atoms with Crippen molar-refractivity contribution >= 4 is 40.0 Å². The molecule has 0 aromatic carbocycles. The first-order valence-corrected chi connectivity index (χ1v) is 5.38. The van der Waals surface area contributed by atoms with Crippen molar-refractivity contribution < 1.29 is 5.11 Å². The van der Waals surface area contributed by atoms with Gasteiger partial charge in [-0.05, 0) is 62.7 Å². The lowest BCUT2D eigenvalue weighted by atomic mass is 9.50. The largest absolute Gasteiger partial charge is 0.390 e. The Kier molecular flexibility index (Phi) is 4.01. The van der Waals surface area contributed by atoms with Gasteiger partial charge in [-0.1, -0.05) is 0 Å². The first kappa shape index (κ1) is 13.3. The summed E-state index contributed by atoms with van der Waals surface area (Å²) < 4.78 is 0. The summed E-state index contributed by atoms with van der Waals surface area (Å²) in [6, 6.07) is 0. The molecule has 80 valence electrons. The maximum absolute atomic E-state index is 10.3. The second-order valence-electron chi connectivity index (χ2n) is 5.53. The van der Waals surface area contributed by atoms with Gasteiger partial charge in [-0.3, -0.25) is 0 Å². The molecule has 1 nitrogen and oxygen atoms in total. The SMILES string of the molecule is Br.CC1(O)C2CC3CC(C2)CC1C3.[MgH2]. The van der Waals surface area contributed by atoms with E-state index < -0.39 is 0 Å². The Hall–Kier alpha value is 1.21. The molecular formula is C11H21BrMgO. The summed E-state index contributed by atoms with van der Waals surface area (Å²) in [6.07, 6.45) is 6.75. The normalized spacial score (nSPS) is 53.6. The van der Waals surface area contributed by atoms with Crippen LogP contribution in [0.3, 0.4) is 0 Å². The number of rotatable bonds is 0. The monoisotopic (exact) mass is 272 g/mol. The van der Waals surface area contributed by atoms with E-state index in [4.69, 9.17) is 0 Å². The molecule has 0 aromatic heterocycles. The highest BCUT2D eigenvalue weighted by Crippen LogP contribution is 2.57.